The largest absolute Gasteiger partial charge is 0.347 e. The van der Waals surface area contributed by atoms with Crippen LogP contribution in [0.2, 0.25) is 0 Å². The summed E-state index contributed by atoms with van der Waals surface area (Å²) in [6.45, 7) is 7.56. The third kappa shape index (κ3) is 2.39. The predicted molar refractivity (Wildman–Crippen MR) is 91.7 cm³/mol. The van der Waals surface area contributed by atoms with E-state index in [1.54, 1.807) is 0 Å². The molecule has 0 amide bonds. The van der Waals surface area contributed by atoms with Crippen molar-refractivity contribution in [1.82, 2.24) is 14.5 Å². The van der Waals surface area contributed by atoms with Crippen molar-refractivity contribution in [2.45, 2.75) is 26.8 Å². The summed E-state index contributed by atoms with van der Waals surface area (Å²) < 4.78 is 3.59. The summed E-state index contributed by atoms with van der Waals surface area (Å²) in [5.74, 6) is 1.89. The van der Waals surface area contributed by atoms with E-state index in [0.717, 1.165) is 36.7 Å². The summed E-state index contributed by atoms with van der Waals surface area (Å²) in [7, 11) is 0. The summed E-state index contributed by atoms with van der Waals surface area (Å²) in [4.78, 5) is 11.6. The van der Waals surface area contributed by atoms with E-state index in [4.69, 9.17) is 4.98 Å². The Morgan fingerprint density at radius 1 is 1.32 bits per heavy atom. The maximum atomic E-state index is 4.77. The van der Waals surface area contributed by atoms with Crippen LogP contribution in [0.3, 0.4) is 0 Å². The third-order valence-electron chi connectivity index (χ3n) is 4.33. The minimum absolute atomic E-state index is 0.702. The van der Waals surface area contributed by atoms with E-state index >= 15 is 0 Å². The fourth-order valence-electron chi connectivity index (χ4n) is 3.10. The van der Waals surface area contributed by atoms with Gasteiger partial charge < -0.3 is 9.47 Å². The smallest absolute Gasteiger partial charge is 0.186 e. The van der Waals surface area contributed by atoms with Crippen LogP contribution < -0.4 is 4.90 Å². The molecule has 1 fully saturated rings. The lowest BCUT2D eigenvalue weighted by molar-refractivity contribution is 0.353. The van der Waals surface area contributed by atoms with Gasteiger partial charge in [-0.3, -0.25) is 0 Å². The van der Waals surface area contributed by atoms with E-state index in [1.165, 1.54) is 16.1 Å². The first-order valence-electron chi connectivity index (χ1n) is 7.85. The Hall–Kier alpha value is -1.88. The number of fused-ring (bicyclic) bond motifs is 1. The standard InChI is InChI=1S/C17H20N4S/c1-3-16-18-6-7-20(16)9-13-10-21(11-13)17-19-14-5-4-12(2)8-15(14)22-17/h4-8,13H,3,9-11H2,1-2H3. The van der Waals surface area contributed by atoms with E-state index in [1.807, 2.05) is 17.5 Å². The van der Waals surface area contributed by atoms with Crippen LogP contribution in [0.15, 0.2) is 30.6 Å². The van der Waals surface area contributed by atoms with Gasteiger partial charge in [-0.05, 0) is 24.6 Å². The molecule has 0 radical (unpaired) electrons. The van der Waals surface area contributed by atoms with Gasteiger partial charge in [-0.2, -0.15) is 0 Å². The molecule has 0 atom stereocenters. The van der Waals surface area contributed by atoms with Crippen LogP contribution in [-0.2, 0) is 13.0 Å². The normalized spacial score (nSPS) is 15.5. The maximum Gasteiger partial charge on any atom is 0.186 e. The minimum atomic E-state index is 0.702. The number of rotatable bonds is 4. The second-order valence-electron chi connectivity index (χ2n) is 6.09. The second kappa shape index (κ2) is 5.39. The maximum absolute atomic E-state index is 4.77. The van der Waals surface area contributed by atoms with Crippen molar-refractivity contribution < 1.29 is 0 Å². The van der Waals surface area contributed by atoms with Crippen molar-refractivity contribution in [2.75, 3.05) is 18.0 Å². The zero-order valence-corrected chi connectivity index (χ0v) is 13.8. The molecule has 1 saturated heterocycles. The van der Waals surface area contributed by atoms with Gasteiger partial charge in [-0.25, -0.2) is 9.97 Å². The lowest BCUT2D eigenvalue weighted by Gasteiger charge is -2.39. The molecule has 0 N–H and O–H groups in total. The van der Waals surface area contributed by atoms with Crippen LogP contribution >= 0.6 is 11.3 Å². The number of imidazole rings is 1. The first kappa shape index (κ1) is 13.8. The predicted octanol–water partition coefficient (Wildman–Crippen LogP) is 3.50. The first-order valence-corrected chi connectivity index (χ1v) is 8.66. The molecule has 0 saturated carbocycles. The topological polar surface area (TPSA) is 34.0 Å². The number of aromatic nitrogens is 3. The Morgan fingerprint density at radius 2 is 2.18 bits per heavy atom. The van der Waals surface area contributed by atoms with Crippen molar-refractivity contribution >= 4 is 26.7 Å². The minimum Gasteiger partial charge on any atom is -0.347 e. The number of nitrogens with zero attached hydrogens (tertiary/aromatic N) is 4. The molecule has 0 aliphatic carbocycles. The fourth-order valence-corrected chi connectivity index (χ4v) is 4.18. The van der Waals surface area contributed by atoms with E-state index in [-0.39, 0.29) is 0 Å². The molecule has 1 aliphatic rings. The quantitative estimate of drug-likeness (QED) is 0.739. The zero-order valence-electron chi connectivity index (χ0n) is 13.0. The molecule has 0 spiro atoms. The van der Waals surface area contributed by atoms with E-state index in [2.05, 4.69) is 52.7 Å². The summed E-state index contributed by atoms with van der Waals surface area (Å²) in [6.07, 6.45) is 5.01. The van der Waals surface area contributed by atoms with Crippen LogP contribution in [0.25, 0.3) is 10.2 Å². The lowest BCUT2D eigenvalue weighted by atomic mass is 10.0. The Labute approximate surface area is 134 Å². The number of hydrogen-bond acceptors (Lipinski definition) is 4. The second-order valence-corrected chi connectivity index (χ2v) is 7.10. The Bertz CT molecular complexity index is 798. The molecule has 0 unspecified atom stereocenters. The molecule has 114 valence electrons. The van der Waals surface area contributed by atoms with Gasteiger partial charge in [0.15, 0.2) is 5.13 Å². The monoisotopic (exact) mass is 312 g/mol. The van der Waals surface area contributed by atoms with E-state index in [9.17, 15) is 0 Å². The highest BCUT2D eigenvalue weighted by molar-refractivity contribution is 7.22. The van der Waals surface area contributed by atoms with Crippen LogP contribution in [0.4, 0.5) is 5.13 Å². The van der Waals surface area contributed by atoms with Gasteiger partial charge >= 0.3 is 0 Å². The highest BCUT2D eigenvalue weighted by atomic mass is 32.1. The van der Waals surface area contributed by atoms with Crippen LogP contribution in [0, 0.1) is 12.8 Å². The highest BCUT2D eigenvalue weighted by Gasteiger charge is 2.29. The molecule has 4 nitrogen and oxygen atoms in total. The van der Waals surface area contributed by atoms with Crippen LogP contribution in [0.5, 0.6) is 0 Å². The zero-order chi connectivity index (χ0) is 15.1. The molecule has 3 aromatic rings. The van der Waals surface area contributed by atoms with Gasteiger partial charge in [0.25, 0.3) is 0 Å². The summed E-state index contributed by atoms with van der Waals surface area (Å²) in [5, 5.41) is 1.16. The van der Waals surface area contributed by atoms with Crippen molar-refractivity contribution in [1.29, 1.82) is 0 Å². The number of benzene rings is 1. The van der Waals surface area contributed by atoms with Crippen LogP contribution in [-0.4, -0.2) is 27.6 Å². The summed E-state index contributed by atoms with van der Waals surface area (Å²) in [5.41, 5.74) is 2.42. The molecule has 22 heavy (non-hydrogen) atoms. The molecule has 1 aromatic carbocycles. The Morgan fingerprint density at radius 3 is 3.00 bits per heavy atom. The van der Waals surface area contributed by atoms with Crippen LogP contribution in [0.1, 0.15) is 18.3 Å². The number of thiazole rings is 1. The Balaban J connectivity index is 1.43. The Kier molecular flexibility index (Phi) is 3.37. The fraction of sp³-hybridized carbons (Fsp3) is 0.412. The average molecular weight is 312 g/mol. The summed E-state index contributed by atoms with van der Waals surface area (Å²) >= 11 is 1.81. The van der Waals surface area contributed by atoms with Gasteiger partial charge in [0, 0.05) is 44.4 Å². The highest BCUT2D eigenvalue weighted by Crippen LogP contribution is 2.33. The van der Waals surface area contributed by atoms with Gasteiger partial charge in [0.2, 0.25) is 0 Å². The molecular formula is C17H20N4S. The van der Waals surface area contributed by atoms with E-state index < -0.39 is 0 Å². The van der Waals surface area contributed by atoms with E-state index in [0.29, 0.717) is 5.92 Å². The molecule has 1 aliphatic heterocycles. The molecule has 3 heterocycles. The molecule has 0 bridgehead atoms. The van der Waals surface area contributed by atoms with Crippen molar-refractivity contribution in [3.05, 3.63) is 42.0 Å². The molecule has 5 heteroatoms. The van der Waals surface area contributed by atoms with Crippen molar-refractivity contribution in [2.24, 2.45) is 5.92 Å². The van der Waals surface area contributed by atoms with Crippen molar-refractivity contribution in [3.8, 4) is 0 Å². The van der Waals surface area contributed by atoms with Gasteiger partial charge in [0.05, 0.1) is 10.2 Å². The van der Waals surface area contributed by atoms with Gasteiger partial charge in [-0.15, -0.1) is 0 Å². The number of aryl methyl sites for hydroxylation is 2. The first-order chi connectivity index (χ1) is 10.7. The number of hydrogen-bond donors (Lipinski definition) is 0. The van der Waals surface area contributed by atoms with Gasteiger partial charge in [0.1, 0.15) is 5.82 Å². The molecule has 4 rings (SSSR count). The van der Waals surface area contributed by atoms with Crippen molar-refractivity contribution in [3.63, 3.8) is 0 Å². The lowest BCUT2D eigenvalue weighted by Crippen LogP contribution is -2.48. The molecular weight excluding hydrogens is 292 g/mol. The number of anilines is 1. The summed E-state index contributed by atoms with van der Waals surface area (Å²) in [6, 6.07) is 6.49. The average Bonchev–Trinajstić information content (AvgIpc) is 3.07. The third-order valence-corrected chi connectivity index (χ3v) is 5.41. The van der Waals surface area contributed by atoms with Gasteiger partial charge in [-0.1, -0.05) is 24.3 Å². The molecule has 2 aromatic heterocycles. The SMILES string of the molecule is CCc1nccn1CC1CN(c2nc3ccc(C)cc3s2)C1.